The van der Waals surface area contributed by atoms with Crippen molar-refractivity contribution in [3.05, 3.63) is 12.2 Å². The van der Waals surface area contributed by atoms with E-state index in [-0.39, 0.29) is 0 Å². The molecule has 0 aliphatic heterocycles. The van der Waals surface area contributed by atoms with Crippen molar-refractivity contribution in [2.24, 2.45) is 0 Å². The van der Waals surface area contributed by atoms with E-state index in [1.165, 1.54) is 6.42 Å². The molecule has 1 unspecified atom stereocenters. The van der Waals surface area contributed by atoms with Crippen LogP contribution in [0.4, 0.5) is 0 Å². The minimum absolute atomic E-state index is 0.739. The fraction of sp³-hybridized carbons (Fsp3) is 0.667. The highest BCUT2D eigenvalue weighted by molar-refractivity contribution is 14.1. The number of hydrogen-bond acceptors (Lipinski definition) is 0. The van der Waals surface area contributed by atoms with Crippen LogP contribution in [0.15, 0.2) is 12.2 Å². The van der Waals surface area contributed by atoms with Crippen molar-refractivity contribution in [3.8, 4) is 0 Å². The summed E-state index contributed by atoms with van der Waals surface area (Å²) < 4.78 is 0.739. The van der Waals surface area contributed by atoms with Crippen LogP contribution in [0, 0.1) is 0 Å². The van der Waals surface area contributed by atoms with Crippen LogP contribution in [0.2, 0.25) is 0 Å². The lowest BCUT2D eigenvalue weighted by Crippen LogP contribution is -1.84. The van der Waals surface area contributed by atoms with Gasteiger partial charge in [-0.05, 0) is 13.3 Å². The molecule has 0 saturated carbocycles. The van der Waals surface area contributed by atoms with Crippen molar-refractivity contribution in [1.82, 2.24) is 0 Å². The first-order chi connectivity index (χ1) is 3.31. The summed E-state index contributed by atoms with van der Waals surface area (Å²) >= 11 is 2.42. The Kier molecular flexibility index (Phi) is 4.94. The minimum Gasteiger partial charge on any atom is -0.0906 e. The van der Waals surface area contributed by atoms with Gasteiger partial charge in [-0.1, -0.05) is 41.7 Å². The van der Waals surface area contributed by atoms with Gasteiger partial charge in [0.15, 0.2) is 0 Å². The van der Waals surface area contributed by atoms with Gasteiger partial charge < -0.3 is 0 Å². The molecule has 0 aromatic rings. The summed E-state index contributed by atoms with van der Waals surface area (Å²) in [6.45, 7) is 4.25. The smallest absolute Gasteiger partial charge is 0.0286 e. The maximum atomic E-state index is 2.42. The zero-order chi connectivity index (χ0) is 5.70. The van der Waals surface area contributed by atoms with E-state index in [0.29, 0.717) is 0 Å². The third-order valence-corrected chi connectivity index (χ3v) is 2.09. The molecule has 1 heteroatoms. The van der Waals surface area contributed by atoms with Crippen molar-refractivity contribution in [2.75, 3.05) is 0 Å². The fourth-order valence-corrected chi connectivity index (χ4v) is 0.760. The number of halogens is 1. The van der Waals surface area contributed by atoms with Crippen molar-refractivity contribution >= 4 is 22.6 Å². The zero-order valence-corrected chi connectivity index (χ0v) is 6.97. The van der Waals surface area contributed by atoms with E-state index in [0.717, 1.165) is 3.92 Å². The van der Waals surface area contributed by atoms with Gasteiger partial charge in [0, 0.05) is 3.92 Å². The van der Waals surface area contributed by atoms with Gasteiger partial charge in [0.2, 0.25) is 0 Å². The highest BCUT2D eigenvalue weighted by atomic mass is 127. The molecule has 0 saturated heterocycles. The Balaban J connectivity index is 3.16. The van der Waals surface area contributed by atoms with Crippen molar-refractivity contribution < 1.29 is 0 Å². The van der Waals surface area contributed by atoms with Crippen molar-refractivity contribution in [3.63, 3.8) is 0 Å². The maximum absolute atomic E-state index is 2.42. The molecule has 0 heterocycles. The molecule has 0 fully saturated rings. The summed E-state index contributed by atoms with van der Waals surface area (Å²) in [5, 5.41) is 0. The second kappa shape index (κ2) is 4.62. The highest BCUT2D eigenvalue weighted by Gasteiger charge is 1.88. The van der Waals surface area contributed by atoms with Gasteiger partial charge in [0.1, 0.15) is 0 Å². The summed E-state index contributed by atoms with van der Waals surface area (Å²) in [4.78, 5) is 0. The molecule has 0 N–H and O–H groups in total. The van der Waals surface area contributed by atoms with E-state index in [4.69, 9.17) is 0 Å². The van der Waals surface area contributed by atoms with Crippen LogP contribution in [0.25, 0.3) is 0 Å². The Morgan fingerprint density at radius 2 is 2.29 bits per heavy atom. The van der Waals surface area contributed by atoms with Crippen LogP contribution < -0.4 is 0 Å². The average molecular weight is 210 g/mol. The molecule has 0 spiro atoms. The molecule has 0 aliphatic carbocycles. The average Bonchev–Trinajstić information content (AvgIpc) is 1.68. The molecule has 1 atom stereocenters. The van der Waals surface area contributed by atoms with Gasteiger partial charge in [-0.25, -0.2) is 0 Å². The summed E-state index contributed by atoms with van der Waals surface area (Å²) in [6, 6.07) is 0. The van der Waals surface area contributed by atoms with E-state index in [1.807, 2.05) is 0 Å². The van der Waals surface area contributed by atoms with Gasteiger partial charge in [-0.15, -0.1) is 0 Å². The Morgan fingerprint density at radius 3 is 2.43 bits per heavy atom. The van der Waals surface area contributed by atoms with Crippen LogP contribution in [-0.4, -0.2) is 3.92 Å². The third-order valence-electron chi connectivity index (χ3n) is 0.791. The van der Waals surface area contributed by atoms with E-state index < -0.39 is 0 Å². The summed E-state index contributed by atoms with van der Waals surface area (Å²) in [6.07, 6.45) is 5.55. The molecular weight excluding hydrogens is 199 g/mol. The Labute approximate surface area is 59.1 Å². The van der Waals surface area contributed by atoms with E-state index >= 15 is 0 Å². The lowest BCUT2D eigenvalue weighted by Gasteiger charge is -1.93. The van der Waals surface area contributed by atoms with E-state index in [9.17, 15) is 0 Å². The van der Waals surface area contributed by atoms with Gasteiger partial charge in [-0.2, -0.15) is 0 Å². The fourth-order valence-electron chi connectivity index (χ4n) is 0.345. The number of alkyl halides is 1. The van der Waals surface area contributed by atoms with E-state index in [1.54, 1.807) is 0 Å². The Hall–Kier alpha value is 0.470. The Morgan fingerprint density at radius 1 is 1.71 bits per heavy atom. The lowest BCUT2D eigenvalue weighted by atomic mass is 10.3. The highest BCUT2D eigenvalue weighted by Crippen LogP contribution is 2.05. The van der Waals surface area contributed by atoms with Gasteiger partial charge in [-0.3, -0.25) is 0 Å². The molecule has 0 nitrogen and oxygen atoms in total. The molecule has 0 rings (SSSR count). The predicted octanol–water partition coefficient (Wildman–Crippen LogP) is 2.78. The first kappa shape index (κ1) is 7.47. The van der Waals surface area contributed by atoms with Gasteiger partial charge in [0.25, 0.3) is 0 Å². The molecule has 0 bridgehead atoms. The second-order valence-corrected chi connectivity index (χ2v) is 3.05. The lowest BCUT2D eigenvalue weighted by molar-refractivity contribution is 1.01. The summed E-state index contributed by atoms with van der Waals surface area (Å²) in [5.74, 6) is 0. The summed E-state index contributed by atoms with van der Waals surface area (Å²) in [7, 11) is 0. The van der Waals surface area contributed by atoms with Crippen LogP contribution in [0.3, 0.4) is 0 Å². The zero-order valence-electron chi connectivity index (χ0n) is 4.82. The number of allylic oxidation sites excluding steroid dienone is 2. The standard InChI is InChI=1S/C6H11I/c1-3-5-6(7)4-2/h3,5-6H,4H2,1-2H3. The first-order valence-corrected chi connectivity index (χ1v) is 3.82. The molecule has 7 heavy (non-hydrogen) atoms. The summed E-state index contributed by atoms with van der Waals surface area (Å²) in [5.41, 5.74) is 0. The van der Waals surface area contributed by atoms with E-state index in [2.05, 4.69) is 48.6 Å². The molecule has 0 amide bonds. The SMILES string of the molecule is CC=CC(I)CC. The quantitative estimate of drug-likeness (QED) is 0.373. The van der Waals surface area contributed by atoms with Crippen molar-refractivity contribution in [1.29, 1.82) is 0 Å². The number of hydrogen-bond donors (Lipinski definition) is 0. The van der Waals surface area contributed by atoms with Gasteiger partial charge >= 0.3 is 0 Å². The largest absolute Gasteiger partial charge is 0.0906 e. The van der Waals surface area contributed by atoms with Crippen LogP contribution in [0.1, 0.15) is 20.3 Å². The van der Waals surface area contributed by atoms with Crippen LogP contribution in [-0.2, 0) is 0 Å². The second-order valence-electron chi connectivity index (χ2n) is 1.45. The molecule has 0 aliphatic rings. The molecule has 0 aromatic carbocycles. The third kappa shape index (κ3) is 4.32. The topological polar surface area (TPSA) is 0 Å². The minimum atomic E-state index is 0.739. The van der Waals surface area contributed by atoms with Crippen LogP contribution in [0.5, 0.6) is 0 Å². The van der Waals surface area contributed by atoms with Crippen LogP contribution >= 0.6 is 22.6 Å². The predicted molar refractivity (Wildman–Crippen MR) is 42.9 cm³/mol. The normalized spacial score (nSPS) is 15.3. The molecule has 42 valence electrons. The van der Waals surface area contributed by atoms with Crippen molar-refractivity contribution in [2.45, 2.75) is 24.2 Å². The first-order valence-electron chi connectivity index (χ1n) is 2.58. The maximum Gasteiger partial charge on any atom is 0.0286 e. The monoisotopic (exact) mass is 210 g/mol. The molecule has 0 radical (unpaired) electrons. The Bertz CT molecular complexity index is 57.2. The number of rotatable bonds is 2. The van der Waals surface area contributed by atoms with Gasteiger partial charge in [0.05, 0.1) is 0 Å². The molecule has 0 aromatic heterocycles. The molecular formula is C6H11I.